The summed E-state index contributed by atoms with van der Waals surface area (Å²) in [6.07, 6.45) is 3.89. The zero-order valence-corrected chi connectivity index (χ0v) is 24.5. The summed E-state index contributed by atoms with van der Waals surface area (Å²) in [7, 11) is 0. The number of benzene rings is 1. The van der Waals surface area contributed by atoms with E-state index in [4.69, 9.17) is 20.6 Å². The molecule has 1 atom stereocenters. The number of hydrogen-bond donors (Lipinski definition) is 3. The van der Waals surface area contributed by atoms with Crippen molar-refractivity contribution in [3.63, 3.8) is 0 Å². The van der Waals surface area contributed by atoms with Crippen molar-refractivity contribution in [3.8, 4) is 0 Å². The molecule has 0 aliphatic carbocycles. The Morgan fingerprint density at radius 1 is 1.27 bits per heavy atom. The SMILES string of the molecule is C/C(=C\N)N1CCC2(CN(C(=O)OC(C)(C)C)CCO2)C1.C=NCC(=N)c1cccnc1NCc1ccccc1F. The highest BCUT2D eigenvalue weighted by Crippen LogP contribution is 2.31. The number of morpholine rings is 1. The van der Waals surface area contributed by atoms with Crippen molar-refractivity contribution < 1.29 is 18.7 Å². The van der Waals surface area contributed by atoms with Crippen molar-refractivity contribution in [1.82, 2.24) is 14.8 Å². The number of amides is 1. The normalized spacial score (nSPS) is 18.9. The standard InChI is InChI=1S/C15H15FN4.C15H27N3O3/c1-18-10-14(17)12-6-4-8-19-15(12)20-9-11-5-2-3-7-13(11)16;1-12(9-16)17-6-5-15(10-17)11-18(7-8-20-15)13(19)21-14(2,3)4/h2-8,17H,1,9-10H2,(H,19,20);9H,5-8,10-11,16H2,1-4H3/b;12-9+. The van der Waals surface area contributed by atoms with Gasteiger partial charge in [-0.25, -0.2) is 14.2 Å². The number of nitrogens with zero attached hydrogens (tertiary/aromatic N) is 4. The van der Waals surface area contributed by atoms with Crippen LogP contribution >= 0.6 is 0 Å². The minimum Gasteiger partial charge on any atom is -0.444 e. The predicted molar refractivity (Wildman–Crippen MR) is 160 cm³/mol. The van der Waals surface area contributed by atoms with E-state index < -0.39 is 5.60 Å². The number of likely N-dealkylation sites (tertiary alicyclic amines) is 1. The maximum atomic E-state index is 13.5. The van der Waals surface area contributed by atoms with Gasteiger partial charge in [-0.15, -0.1) is 0 Å². The van der Waals surface area contributed by atoms with Crippen LogP contribution in [-0.4, -0.2) is 83.8 Å². The molecule has 1 spiro atoms. The van der Waals surface area contributed by atoms with E-state index in [0.29, 0.717) is 48.9 Å². The Labute approximate surface area is 241 Å². The molecule has 2 fully saturated rings. The summed E-state index contributed by atoms with van der Waals surface area (Å²) in [4.78, 5) is 24.1. The molecule has 1 amide bonds. The molecule has 4 N–H and O–H groups in total. The van der Waals surface area contributed by atoms with Crippen LogP contribution in [0, 0.1) is 11.2 Å². The summed E-state index contributed by atoms with van der Waals surface area (Å²) < 4.78 is 25.0. The Balaban J connectivity index is 0.000000226. The Kier molecular flexibility index (Phi) is 10.8. The molecule has 2 aliphatic rings. The number of hydrogen-bond acceptors (Lipinski definition) is 9. The first-order valence-electron chi connectivity index (χ1n) is 13.6. The molecule has 0 radical (unpaired) electrons. The van der Waals surface area contributed by atoms with Gasteiger partial charge in [0, 0.05) is 55.4 Å². The summed E-state index contributed by atoms with van der Waals surface area (Å²) in [5, 5.41) is 11.0. The van der Waals surface area contributed by atoms with E-state index in [1.165, 1.54) is 6.07 Å². The molecule has 2 aromatic rings. The van der Waals surface area contributed by atoms with Crippen molar-refractivity contribution >= 4 is 24.3 Å². The molecule has 0 bridgehead atoms. The maximum Gasteiger partial charge on any atom is 0.410 e. The third-order valence-corrected chi connectivity index (χ3v) is 6.76. The van der Waals surface area contributed by atoms with E-state index in [1.807, 2.05) is 27.7 Å². The highest BCUT2D eigenvalue weighted by molar-refractivity contribution is 6.03. The van der Waals surface area contributed by atoms with Crippen LogP contribution in [0.15, 0.2) is 59.5 Å². The first-order chi connectivity index (χ1) is 19.5. The van der Waals surface area contributed by atoms with Crippen LogP contribution in [0.3, 0.4) is 0 Å². The van der Waals surface area contributed by atoms with Gasteiger partial charge in [0.15, 0.2) is 0 Å². The van der Waals surface area contributed by atoms with Crippen LogP contribution in [-0.2, 0) is 16.0 Å². The maximum absolute atomic E-state index is 13.5. The number of ether oxygens (including phenoxy) is 2. The summed E-state index contributed by atoms with van der Waals surface area (Å²) in [5.41, 5.74) is 7.40. The molecular formula is C30H42FN7O3. The van der Waals surface area contributed by atoms with E-state index >= 15 is 0 Å². The second-order valence-electron chi connectivity index (χ2n) is 11.1. The first kappa shape index (κ1) is 31.5. The Morgan fingerprint density at radius 3 is 2.68 bits per heavy atom. The van der Waals surface area contributed by atoms with Crippen LogP contribution in [0.4, 0.5) is 15.0 Å². The van der Waals surface area contributed by atoms with Gasteiger partial charge in [-0.3, -0.25) is 4.99 Å². The number of carbonyl (C=O) groups is 1. The molecule has 10 nitrogen and oxygen atoms in total. The molecule has 1 aromatic heterocycles. The average Bonchev–Trinajstić information content (AvgIpc) is 3.34. The van der Waals surface area contributed by atoms with Crippen LogP contribution < -0.4 is 11.1 Å². The van der Waals surface area contributed by atoms with Crippen LogP contribution in [0.1, 0.15) is 45.2 Å². The number of aliphatic imine (C=N–C) groups is 1. The van der Waals surface area contributed by atoms with Crippen LogP contribution in [0.25, 0.3) is 0 Å². The van der Waals surface area contributed by atoms with Crippen LogP contribution in [0.2, 0.25) is 0 Å². The zero-order chi connectivity index (χ0) is 30.0. The van der Waals surface area contributed by atoms with Gasteiger partial charge >= 0.3 is 6.09 Å². The fourth-order valence-electron chi connectivity index (χ4n) is 4.63. The summed E-state index contributed by atoms with van der Waals surface area (Å²) in [6.45, 7) is 14.9. The van der Waals surface area contributed by atoms with E-state index in [-0.39, 0.29) is 24.1 Å². The highest BCUT2D eigenvalue weighted by atomic mass is 19.1. The van der Waals surface area contributed by atoms with E-state index in [0.717, 1.165) is 25.2 Å². The zero-order valence-electron chi connectivity index (χ0n) is 24.5. The van der Waals surface area contributed by atoms with Gasteiger partial charge in [-0.1, -0.05) is 18.2 Å². The number of allylic oxidation sites excluding steroid dienone is 1. The Morgan fingerprint density at radius 2 is 2.00 bits per heavy atom. The van der Waals surface area contributed by atoms with Gasteiger partial charge in [0.05, 0.1) is 25.4 Å². The Hall–Kier alpha value is -3.99. The first-order valence-corrected chi connectivity index (χ1v) is 13.6. The number of pyridine rings is 1. The fraction of sp³-hybridized carbons (Fsp3) is 0.467. The minimum absolute atomic E-state index is 0.222. The van der Waals surface area contributed by atoms with Gasteiger partial charge in [0.2, 0.25) is 0 Å². The number of rotatable bonds is 7. The smallest absolute Gasteiger partial charge is 0.410 e. The molecule has 1 aromatic carbocycles. The highest BCUT2D eigenvalue weighted by Gasteiger charge is 2.44. The van der Waals surface area contributed by atoms with Gasteiger partial charge in [-0.05, 0) is 59.0 Å². The fourth-order valence-corrected chi connectivity index (χ4v) is 4.63. The number of carbonyl (C=O) groups excluding carboxylic acids is 1. The lowest BCUT2D eigenvalue weighted by atomic mass is 10.0. The quantitative estimate of drug-likeness (QED) is 0.423. The van der Waals surface area contributed by atoms with Gasteiger partial charge in [0.25, 0.3) is 0 Å². The van der Waals surface area contributed by atoms with Gasteiger partial charge in [0.1, 0.15) is 22.8 Å². The van der Waals surface area contributed by atoms with E-state index in [2.05, 4.69) is 26.9 Å². The number of aromatic nitrogens is 1. The van der Waals surface area contributed by atoms with Crippen molar-refractivity contribution in [3.05, 3.63) is 71.4 Å². The number of anilines is 1. The molecule has 0 saturated carbocycles. The third-order valence-electron chi connectivity index (χ3n) is 6.76. The summed E-state index contributed by atoms with van der Waals surface area (Å²) >= 11 is 0. The molecule has 3 heterocycles. The topological polar surface area (TPSA) is 129 Å². The summed E-state index contributed by atoms with van der Waals surface area (Å²) in [6, 6.07) is 10.1. The van der Waals surface area contributed by atoms with E-state index in [1.54, 1.807) is 47.6 Å². The van der Waals surface area contributed by atoms with Crippen molar-refractivity contribution in [2.24, 2.45) is 10.7 Å². The molecule has 11 heteroatoms. The summed E-state index contributed by atoms with van der Waals surface area (Å²) in [5.74, 6) is 0.282. The van der Waals surface area contributed by atoms with Gasteiger partial charge in [-0.2, -0.15) is 0 Å². The number of halogens is 1. The Bertz CT molecular complexity index is 1250. The number of nitrogens with one attached hydrogen (secondary N) is 2. The molecule has 2 aliphatic heterocycles. The average molecular weight is 568 g/mol. The largest absolute Gasteiger partial charge is 0.444 e. The lowest BCUT2D eigenvalue weighted by Crippen LogP contribution is -2.55. The molecule has 4 rings (SSSR count). The third kappa shape index (κ3) is 9.01. The lowest BCUT2D eigenvalue weighted by Gasteiger charge is -2.40. The molecule has 1 unspecified atom stereocenters. The van der Waals surface area contributed by atoms with E-state index in [9.17, 15) is 9.18 Å². The lowest BCUT2D eigenvalue weighted by molar-refractivity contribution is -0.100. The molecule has 41 heavy (non-hydrogen) atoms. The predicted octanol–water partition coefficient (Wildman–Crippen LogP) is 4.42. The second-order valence-corrected chi connectivity index (χ2v) is 11.1. The minimum atomic E-state index is -0.469. The number of nitrogens with two attached hydrogens (primary N) is 1. The van der Waals surface area contributed by atoms with Crippen molar-refractivity contribution in [2.45, 2.75) is 51.9 Å². The van der Waals surface area contributed by atoms with Gasteiger partial charge < -0.3 is 35.7 Å². The molecule has 2 saturated heterocycles. The molecule has 222 valence electrons. The van der Waals surface area contributed by atoms with Crippen LogP contribution in [0.5, 0.6) is 0 Å². The monoisotopic (exact) mass is 567 g/mol. The van der Waals surface area contributed by atoms with Crippen molar-refractivity contribution in [1.29, 1.82) is 5.41 Å². The second kappa shape index (κ2) is 14.1. The van der Waals surface area contributed by atoms with Crippen molar-refractivity contribution in [2.75, 3.05) is 44.6 Å². The molecular weight excluding hydrogens is 525 g/mol.